The Balaban J connectivity index is 2.06. The fourth-order valence-corrected chi connectivity index (χ4v) is 3.83. The van der Waals surface area contributed by atoms with Crippen LogP contribution < -0.4 is 0 Å². The van der Waals surface area contributed by atoms with E-state index in [0.717, 1.165) is 44.2 Å². The van der Waals surface area contributed by atoms with E-state index in [0.29, 0.717) is 5.78 Å². The van der Waals surface area contributed by atoms with Gasteiger partial charge in [0, 0.05) is 13.0 Å². The topological polar surface area (TPSA) is 20.3 Å². The summed E-state index contributed by atoms with van der Waals surface area (Å²) in [7, 11) is 0. The maximum atomic E-state index is 12.3. The minimum atomic E-state index is -0.0403. The highest BCUT2D eigenvalue weighted by Crippen LogP contribution is 2.43. The molecule has 0 aromatic carbocycles. The molecule has 0 atom stereocenters. The van der Waals surface area contributed by atoms with Crippen molar-refractivity contribution in [2.24, 2.45) is 11.8 Å². The molecule has 2 fully saturated rings. The molecule has 0 bridgehead atoms. The van der Waals surface area contributed by atoms with Crippen molar-refractivity contribution in [1.29, 1.82) is 0 Å². The summed E-state index contributed by atoms with van der Waals surface area (Å²) in [5.74, 6) is 2.16. The molecule has 0 aromatic heterocycles. The maximum Gasteiger partial charge on any atom is 0.154 e. The Morgan fingerprint density at radius 2 is 2.00 bits per heavy atom. The molecular formula is C15H27NO. The summed E-state index contributed by atoms with van der Waals surface area (Å²) in [5.41, 5.74) is -0.0403. The number of likely N-dealkylation sites (tertiary alicyclic amines) is 1. The number of rotatable bonds is 3. The second kappa shape index (κ2) is 5.09. The number of nitrogens with zero attached hydrogens (tertiary/aromatic N) is 1. The highest BCUT2D eigenvalue weighted by molar-refractivity contribution is 5.90. The van der Waals surface area contributed by atoms with Crippen molar-refractivity contribution in [3.63, 3.8) is 0 Å². The fraction of sp³-hybridized carbons (Fsp3) is 0.933. The normalized spacial score (nSPS) is 35.1. The van der Waals surface area contributed by atoms with Gasteiger partial charge >= 0.3 is 0 Å². The van der Waals surface area contributed by atoms with Crippen LogP contribution in [0.5, 0.6) is 0 Å². The van der Waals surface area contributed by atoms with Gasteiger partial charge in [0.05, 0.1) is 5.54 Å². The Hall–Kier alpha value is -0.370. The number of carbonyl (C=O) groups is 1. The van der Waals surface area contributed by atoms with Gasteiger partial charge in [-0.25, -0.2) is 0 Å². The zero-order valence-corrected chi connectivity index (χ0v) is 11.7. The van der Waals surface area contributed by atoms with Crippen LogP contribution in [0.3, 0.4) is 0 Å². The first kappa shape index (κ1) is 13.1. The van der Waals surface area contributed by atoms with Crippen molar-refractivity contribution < 1.29 is 4.79 Å². The second-order valence-corrected chi connectivity index (χ2v) is 6.27. The molecule has 17 heavy (non-hydrogen) atoms. The molecule has 1 saturated heterocycles. The molecule has 1 saturated carbocycles. The third-order valence-corrected chi connectivity index (χ3v) is 5.03. The van der Waals surface area contributed by atoms with Crippen LogP contribution in [-0.2, 0) is 4.79 Å². The van der Waals surface area contributed by atoms with Gasteiger partial charge in [-0.15, -0.1) is 0 Å². The first-order valence-electron chi connectivity index (χ1n) is 7.38. The van der Waals surface area contributed by atoms with Crippen molar-refractivity contribution >= 4 is 5.78 Å². The Kier molecular flexibility index (Phi) is 3.92. The highest BCUT2D eigenvalue weighted by atomic mass is 16.1. The van der Waals surface area contributed by atoms with Crippen LogP contribution in [0.15, 0.2) is 0 Å². The molecule has 0 radical (unpaired) electrons. The monoisotopic (exact) mass is 237 g/mol. The summed E-state index contributed by atoms with van der Waals surface area (Å²) in [5, 5.41) is 0. The lowest BCUT2D eigenvalue weighted by atomic mass is 9.71. The molecule has 2 heteroatoms. The molecular weight excluding hydrogens is 210 g/mol. The van der Waals surface area contributed by atoms with E-state index in [1.54, 1.807) is 0 Å². The second-order valence-electron chi connectivity index (χ2n) is 6.27. The van der Waals surface area contributed by atoms with Crippen molar-refractivity contribution in [2.45, 2.75) is 64.8 Å². The standard InChI is InChI=1S/C15H27NO/c1-4-10-16-11-7-14(17)15(16)8-5-13(6-9-15)12(2)3/h12-13H,4-11H2,1-3H3. The first-order chi connectivity index (χ1) is 8.10. The van der Waals surface area contributed by atoms with E-state index in [1.165, 1.54) is 19.3 Å². The van der Waals surface area contributed by atoms with Gasteiger partial charge in [-0.2, -0.15) is 0 Å². The van der Waals surface area contributed by atoms with E-state index in [4.69, 9.17) is 0 Å². The average Bonchev–Trinajstić information content (AvgIpc) is 2.60. The Morgan fingerprint density at radius 3 is 2.53 bits per heavy atom. The third-order valence-electron chi connectivity index (χ3n) is 5.03. The average molecular weight is 237 g/mol. The molecule has 0 N–H and O–H groups in total. The summed E-state index contributed by atoms with van der Waals surface area (Å²) < 4.78 is 0. The zero-order valence-electron chi connectivity index (χ0n) is 11.7. The van der Waals surface area contributed by atoms with Gasteiger partial charge in [0.15, 0.2) is 5.78 Å². The molecule has 1 aliphatic carbocycles. The molecule has 0 aromatic rings. The van der Waals surface area contributed by atoms with E-state index >= 15 is 0 Å². The number of carbonyl (C=O) groups excluding carboxylic acids is 1. The van der Waals surface area contributed by atoms with Gasteiger partial charge in [-0.1, -0.05) is 20.8 Å². The predicted octanol–water partition coefficient (Wildman–Crippen LogP) is 3.26. The quantitative estimate of drug-likeness (QED) is 0.751. The lowest BCUT2D eigenvalue weighted by Gasteiger charge is -2.43. The van der Waals surface area contributed by atoms with Crippen LogP contribution in [0.1, 0.15) is 59.3 Å². The van der Waals surface area contributed by atoms with E-state index in [-0.39, 0.29) is 5.54 Å². The first-order valence-corrected chi connectivity index (χ1v) is 7.38. The number of ketones is 1. The summed E-state index contributed by atoms with van der Waals surface area (Å²) in [6.07, 6.45) is 6.71. The molecule has 1 spiro atoms. The summed E-state index contributed by atoms with van der Waals surface area (Å²) >= 11 is 0. The van der Waals surface area contributed by atoms with Gasteiger partial charge in [-0.3, -0.25) is 9.69 Å². The van der Waals surface area contributed by atoms with Crippen LogP contribution in [0.4, 0.5) is 0 Å². The Morgan fingerprint density at radius 1 is 1.35 bits per heavy atom. The fourth-order valence-electron chi connectivity index (χ4n) is 3.83. The molecule has 2 rings (SSSR count). The molecule has 0 amide bonds. The maximum absolute atomic E-state index is 12.3. The van der Waals surface area contributed by atoms with Crippen LogP contribution in [0, 0.1) is 11.8 Å². The van der Waals surface area contributed by atoms with Crippen molar-refractivity contribution in [1.82, 2.24) is 4.90 Å². The van der Waals surface area contributed by atoms with Gasteiger partial charge in [0.25, 0.3) is 0 Å². The molecule has 1 aliphatic heterocycles. The summed E-state index contributed by atoms with van der Waals surface area (Å²) in [6.45, 7) is 8.99. The number of hydrogen-bond acceptors (Lipinski definition) is 2. The number of hydrogen-bond donors (Lipinski definition) is 0. The SMILES string of the molecule is CCCN1CCC(=O)C12CCC(C(C)C)CC2. The lowest BCUT2D eigenvalue weighted by Crippen LogP contribution is -2.51. The number of Topliss-reactive ketones (excluding diaryl/α,β-unsaturated/α-hetero) is 1. The van der Waals surface area contributed by atoms with Crippen LogP contribution in [0.2, 0.25) is 0 Å². The van der Waals surface area contributed by atoms with Crippen LogP contribution in [0.25, 0.3) is 0 Å². The van der Waals surface area contributed by atoms with Gasteiger partial charge in [-0.05, 0) is 50.5 Å². The highest BCUT2D eigenvalue weighted by Gasteiger charge is 2.49. The van der Waals surface area contributed by atoms with Crippen LogP contribution >= 0.6 is 0 Å². The lowest BCUT2D eigenvalue weighted by molar-refractivity contribution is -0.127. The van der Waals surface area contributed by atoms with Crippen molar-refractivity contribution in [3.05, 3.63) is 0 Å². The van der Waals surface area contributed by atoms with Crippen LogP contribution in [-0.4, -0.2) is 29.3 Å². The van der Waals surface area contributed by atoms with E-state index in [1.807, 2.05) is 0 Å². The summed E-state index contributed by atoms with van der Waals surface area (Å²) in [4.78, 5) is 14.8. The van der Waals surface area contributed by atoms with Crippen molar-refractivity contribution in [2.75, 3.05) is 13.1 Å². The molecule has 0 unspecified atom stereocenters. The van der Waals surface area contributed by atoms with E-state index < -0.39 is 0 Å². The third kappa shape index (κ3) is 2.29. The molecule has 2 nitrogen and oxygen atoms in total. The van der Waals surface area contributed by atoms with Gasteiger partial charge in [0.2, 0.25) is 0 Å². The molecule has 1 heterocycles. The minimum absolute atomic E-state index is 0.0403. The molecule has 2 aliphatic rings. The zero-order chi connectivity index (χ0) is 12.5. The van der Waals surface area contributed by atoms with E-state index in [9.17, 15) is 4.79 Å². The Bertz CT molecular complexity index is 277. The molecule has 98 valence electrons. The largest absolute Gasteiger partial charge is 0.298 e. The van der Waals surface area contributed by atoms with E-state index in [2.05, 4.69) is 25.7 Å². The van der Waals surface area contributed by atoms with Crippen molar-refractivity contribution in [3.8, 4) is 0 Å². The smallest absolute Gasteiger partial charge is 0.154 e. The predicted molar refractivity (Wildman–Crippen MR) is 71.0 cm³/mol. The Labute approximate surface area is 106 Å². The summed E-state index contributed by atoms with van der Waals surface area (Å²) in [6, 6.07) is 0. The van der Waals surface area contributed by atoms with Gasteiger partial charge < -0.3 is 0 Å². The van der Waals surface area contributed by atoms with Gasteiger partial charge in [0.1, 0.15) is 0 Å². The minimum Gasteiger partial charge on any atom is -0.298 e.